The summed E-state index contributed by atoms with van der Waals surface area (Å²) in [5.41, 5.74) is 2.88. The monoisotopic (exact) mass is 401 g/mol. The van der Waals surface area contributed by atoms with Crippen molar-refractivity contribution >= 4 is 21.7 Å². The molecular weight excluding hydrogens is 382 g/mol. The third-order valence-electron chi connectivity index (χ3n) is 4.03. The summed E-state index contributed by atoms with van der Waals surface area (Å²) in [4.78, 5) is 0. The average molecular weight is 402 g/mol. The highest BCUT2D eigenvalue weighted by atomic mass is 35.5. The summed E-state index contributed by atoms with van der Waals surface area (Å²) < 4.78 is 27.2. The molecule has 0 aromatic heterocycles. The number of rotatable bonds is 1. The number of phenols is 3. The van der Waals surface area contributed by atoms with Crippen LogP contribution in [0.25, 0.3) is 0 Å². The number of halogens is 1. The standard InChI is InChI=1S/C16H16ClNO3.CH4O3S/c17-15-11-5-6-18-8-13(9-1-3-10(19)4-2-9)12(11)7-14(20)16(15)21;1-5(2,3)4/h1-4,7,13,18-21H,5-6,8H2;1H3,(H,2,3,4). The van der Waals surface area contributed by atoms with Crippen LogP contribution in [0.4, 0.5) is 0 Å². The molecule has 7 nitrogen and oxygen atoms in total. The van der Waals surface area contributed by atoms with Crippen molar-refractivity contribution in [2.24, 2.45) is 0 Å². The summed E-state index contributed by atoms with van der Waals surface area (Å²) in [6, 6.07) is 8.66. The molecular formula is C17H20ClNO6S. The van der Waals surface area contributed by atoms with Crippen LogP contribution in [0.2, 0.25) is 5.02 Å². The lowest BCUT2D eigenvalue weighted by molar-refractivity contribution is -0.654. The maximum absolute atomic E-state index is 9.87. The van der Waals surface area contributed by atoms with E-state index in [-0.39, 0.29) is 28.2 Å². The van der Waals surface area contributed by atoms with Crippen LogP contribution in [-0.2, 0) is 16.5 Å². The fourth-order valence-electron chi connectivity index (χ4n) is 2.93. The smallest absolute Gasteiger partial charge is 0.176 e. The minimum absolute atomic E-state index is 0.0621. The van der Waals surface area contributed by atoms with Gasteiger partial charge in [-0.25, -0.2) is 8.42 Å². The largest absolute Gasteiger partial charge is 0.748 e. The Hall–Kier alpha value is -2.00. The van der Waals surface area contributed by atoms with Crippen LogP contribution in [-0.4, -0.2) is 47.6 Å². The van der Waals surface area contributed by atoms with Crippen LogP contribution in [0.15, 0.2) is 30.3 Å². The van der Waals surface area contributed by atoms with Crippen molar-refractivity contribution in [3.63, 3.8) is 0 Å². The zero-order valence-electron chi connectivity index (χ0n) is 14.0. The summed E-state index contributed by atoms with van der Waals surface area (Å²) in [5, 5.41) is 31.6. The van der Waals surface area contributed by atoms with Gasteiger partial charge >= 0.3 is 0 Å². The second-order valence-corrected chi connectivity index (χ2v) is 7.82. The highest BCUT2D eigenvalue weighted by Gasteiger charge is 2.27. The van der Waals surface area contributed by atoms with Crippen LogP contribution < -0.4 is 5.32 Å². The molecule has 0 fully saturated rings. The highest BCUT2D eigenvalue weighted by Crippen LogP contribution is 2.42. The van der Waals surface area contributed by atoms with Gasteiger partial charge in [0, 0.05) is 12.7 Å². The second kappa shape index (κ2) is 8.13. The molecule has 1 unspecified atom stereocenters. The van der Waals surface area contributed by atoms with Crippen LogP contribution in [0.3, 0.4) is 0 Å². The SMILES string of the molecule is CS(=O)(=O)[O-].Oc1ccc(C2C[NH2+]CCc3c2cc(O)c(O)c3Cl)cc1. The van der Waals surface area contributed by atoms with Gasteiger partial charge in [0.25, 0.3) is 0 Å². The van der Waals surface area contributed by atoms with E-state index in [1.54, 1.807) is 18.2 Å². The molecule has 9 heteroatoms. The second-order valence-electron chi connectivity index (χ2n) is 6.04. The van der Waals surface area contributed by atoms with E-state index in [1.807, 2.05) is 12.1 Å². The van der Waals surface area contributed by atoms with Crippen molar-refractivity contribution < 1.29 is 33.6 Å². The van der Waals surface area contributed by atoms with Gasteiger partial charge in [-0.1, -0.05) is 23.7 Å². The molecule has 142 valence electrons. The molecule has 1 heterocycles. The zero-order valence-corrected chi connectivity index (χ0v) is 15.6. The maximum atomic E-state index is 9.87. The van der Waals surface area contributed by atoms with E-state index in [2.05, 4.69) is 5.32 Å². The van der Waals surface area contributed by atoms with Crippen LogP contribution in [0.5, 0.6) is 17.2 Å². The predicted octanol–water partition coefficient (Wildman–Crippen LogP) is 0.870. The Bertz CT molecular complexity index is 875. The summed E-state index contributed by atoms with van der Waals surface area (Å²) in [5.74, 6) is -0.151. The number of nitrogens with two attached hydrogens (primary N) is 1. The molecule has 0 aliphatic carbocycles. The van der Waals surface area contributed by atoms with Gasteiger partial charge in [-0.15, -0.1) is 0 Å². The number of aromatic hydroxyl groups is 3. The van der Waals surface area contributed by atoms with Gasteiger partial charge in [-0.05, 0) is 34.9 Å². The third-order valence-corrected chi connectivity index (χ3v) is 4.43. The summed E-state index contributed by atoms with van der Waals surface area (Å²) >= 11 is 6.20. The lowest BCUT2D eigenvalue weighted by atomic mass is 9.87. The quantitative estimate of drug-likeness (QED) is 0.413. The van der Waals surface area contributed by atoms with E-state index in [1.165, 1.54) is 0 Å². The van der Waals surface area contributed by atoms with Crippen LogP contribution in [0.1, 0.15) is 22.6 Å². The molecule has 0 spiro atoms. The Morgan fingerprint density at radius 2 is 1.77 bits per heavy atom. The Labute approximate surface area is 156 Å². The van der Waals surface area contributed by atoms with Crippen LogP contribution in [0, 0.1) is 0 Å². The van der Waals surface area contributed by atoms with Crippen molar-refractivity contribution in [3.05, 3.63) is 52.0 Å². The predicted molar refractivity (Wildman–Crippen MR) is 95.7 cm³/mol. The van der Waals surface area contributed by atoms with E-state index in [0.717, 1.165) is 36.2 Å². The number of phenolic OH excluding ortho intramolecular Hbond substituents is 3. The molecule has 2 aromatic carbocycles. The van der Waals surface area contributed by atoms with Crippen molar-refractivity contribution in [1.29, 1.82) is 0 Å². The minimum Gasteiger partial charge on any atom is -0.748 e. The Morgan fingerprint density at radius 3 is 2.35 bits per heavy atom. The van der Waals surface area contributed by atoms with Gasteiger partial charge in [0.15, 0.2) is 11.5 Å². The molecule has 1 atom stereocenters. The molecule has 1 aliphatic heterocycles. The fraction of sp³-hybridized carbons (Fsp3) is 0.294. The van der Waals surface area contributed by atoms with E-state index in [9.17, 15) is 15.3 Å². The van der Waals surface area contributed by atoms with Crippen molar-refractivity contribution in [1.82, 2.24) is 0 Å². The van der Waals surface area contributed by atoms with Gasteiger partial charge in [0.2, 0.25) is 0 Å². The molecule has 1 aliphatic rings. The highest BCUT2D eigenvalue weighted by molar-refractivity contribution is 7.84. The topological polar surface area (TPSA) is 134 Å². The number of quaternary nitrogens is 1. The summed E-state index contributed by atoms with van der Waals surface area (Å²) in [6.45, 7) is 1.71. The molecule has 0 amide bonds. The number of hydrogen-bond donors (Lipinski definition) is 4. The molecule has 2 aromatic rings. The number of benzene rings is 2. The fourth-order valence-corrected chi connectivity index (χ4v) is 3.23. The van der Waals surface area contributed by atoms with Crippen molar-refractivity contribution in [3.8, 4) is 17.2 Å². The summed E-state index contributed by atoms with van der Waals surface area (Å²) in [6.07, 6.45) is 1.35. The van der Waals surface area contributed by atoms with Gasteiger partial charge in [0.1, 0.15) is 5.75 Å². The van der Waals surface area contributed by atoms with Crippen molar-refractivity contribution in [2.75, 3.05) is 19.3 Å². The average Bonchev–Trinajstić information content (AvgIpc) is 2.75. The Balaban J connectivity index is 0.000000431. The minimum atomic E-state index is -3.92. The molecule has 0 radical (unpaired) electrons. The lowest BCUT2D eigenvalue weighted by Crippen LogP contribution is -2.85. The first-order valence-electron chi connectivity index (χ1n) is 7.82. The lowest BCUT2D eigenvalue weighted by Gasteiger charge is -2.18. The van der Waals surface area contributed by atoms with E-state index >= 15 is 0 Å². The zero-order chi connectivity index (χ0) is 19.5. The third kappa shape index (κ3) is 5.25. The van der Waals surface area contributed by atoms with Crippen LogP contribution >= 0.6 is 11.6 Å². The van der Waals surface area contributed by atoms with E-state index < -0.39 is 10.1 Å². The Morgan fingerprint density at radius 1 is 1.19 bits per heavy atom. The number of fused-ring (bicyclic) bond motifs is 1. The van der Waals surface area contributed by atoms with Gasteiger partial charge in [-0.2, -0.15) is 0 Å². The van der Waals surface area contributed by atoms with Gasteiger partial charge < -0.3 is 25.2 Å². The van der Waals surface area contributed by atoms with Gasteiger partial charge in [0.05, 0.1) is 34.1 Å². The first-order chi connectivity index (χ1) is 12.1. The Kier molecular flexibility index (Phi) is 6.35. The number of hydrogen-bond acceptors (Lipinski definition) is 6. The van der Waals surface area contributed by atoms with E-state index in [0.29, 0.717) is 6.26 Å². The molecule has 26 heavy (non-hydrogen) atoms. The first-order valence-corrected chi connectivity index (χ1v) is 10.0. The van der Waals surface area contributed by atoms with E-state index in [4.69, 9.17) is 24.6 Å². The normalized spacial score (nSPS) is 16.8. The first kappa shape index (κ1) is 20.3. The molecule has 0 saturated carbocycles. The van der Waals surface area contributed by atoms with Gasteiger partial charge in [-0.3, -0.25) is 0 Å². The molecule has 3 rings (SSSR count). The molecule has 5 N–H and O–H groups in total. The maximum Gasteiger partial charge on any atom is 0.176 e. The molecule has 0 bridgehead atoms. The summed E-state index contributed by atoms with van der Waals surface area (Å²) in [7, 11) is -3.92. The van der Waals surface area contributed by atoms with Crippen molar-refractivity contribution in [2.45, 2.75) is 12.3 Å². The molecule has 0 saturated heterocycles.